The van der Waals surface area contributed by atoms with E-state index in [0.717, 1.165) is 0 Å². The average Bonchev–Trinajstić information content (AvgIpc) is 2.86. The van der Waals surface area contributed by atoms with E-state index in [4.69, 9.17) is 14.7 Å². The summed E-state index contributed by atoms with van der Waals surface area (Å²) in [6, 6.07) is 8.61. The number of carboxylic acids is 1. The Kier molecular flexibility index (Phi) is 3.91. The summed E-state index contributed by atoms with van der Waals surface area (Å²) >= 11 is 0. The lowest BCUT2D eigenvalue weighted by Gasteiger charge is -2.10. The molecule has 1 aliphatic rings. The van der Waals surface area contributed by atoms with E-state index < -0.39 is 18.2 Å². The Balaban J connectivity index is 1.79. The molecule has 0 unspecified atom stereocenters. The fourth-order valence-corrected chi connectivity index (χ4v) is 1.64. The third kappa shape index (κ3) is 3.06. The highest BCUT2D eigenvalue weighted by atomic mass is 16.7. The van der Waals surface area contributed by atoms with Crippen LogP contribution in [0.15, 0.2) is 30.3 Å². The van der Waals surface area contributed by atoms with Gasteiger partial charge < -0.3 is 9.84 Å². The van der Waals surface area contributed by atoms with Crippen molar-refractivity contribution < 1.29 is 24.3 Å². The quantitative estimate of drug-likeness (QED) is 0.765. The number of hydrogen-bond donors (Lipinski definition) is 2. The van der Waals surface area contributed by atoms with Crippen molar-refractivity contribution in [2.75, 3.05) is 6.61 Å². The van der Waals surface area contributed by atoms with Crippen molar-refractivity contribution in [1.29, 1.82) is 0 Å². The number of rotatable bonds is 4. The van der Waals surface area contributed by atoms with Crippen LogP contribution in [0.25, 0.3) is 0 Å². The van der Waals surface area contributed by atoms with E-state index in [1.807, 2.05) is 0 Å². The molecule has 6 nitrogen and oxygen atoms in total. The summed E-state index contributed by atoms with van der Waals surface area (Å²) in [6.45, 7) is 0.159. The molecule has 1 saturated heterocycles. The minimum Gasteiger partial charge on any atom is -0.479 e. The lowest BCUT2D eigenvalue weighted by molar-refractivity contribution is -0.147. The lowest BCUT2D eigenvalue weighted by atomic mass is 10.2. The monoisotopic (exact) mass is 251 g/mol. The maximum absolute atomic E-state index is 11.6. The Labute approximate surface area is 103 Å². The first-order chi connectivity index (χ1) is 8.66. The van der Waals surface area contributed by atoms with E-state index >= 15 is 0 Å². The van der Waals surface area contributed by atoms with E-state index in [9.17, 15) is 9.59 Å². The minimum atomic E-state index is -1.02. The zero-order valence-electron chi connectivity index (χ0n) is 9.54. The van der Waals surface area contributed by atoms with Crippen molar-refractivity contribution in [2.24, 2.45) is 0 Å². The molecule has 0 radical (unpaired) electrons. The highest BCUT2D eigenvalue weighted by molar-refractivity contribution is 5.93. The zero-order valence-corrected chi connectivity index (χ0v) is 9.54. The summed E-state index contributed by atoms with van der Waals surface area (Å²) in [5.41, 5.74) is 2.77. The van der Waals surface area contributed by atoms with Crippen LogP contribution in [0.3, 0.4) is 0 Å². The van der Waals surface area contributed by atoms with Crippen molar-refractivity contribution in [3.8, 4) is 0 Å². The molecule has 1 aliphatic heterocycles. The molecule has 1 aromatic carbocycles. The molecule has 2 atom stereocenters. The normalized spacial score (nSPS) is 22.7. The summed E-state index contributed by atoms with van der Waals surface area (Å²) in [5, 5.41) is 8.72. The molecule has 0 aliphatic carbocycles. The molecule has 1 aromatic rings. The second-order valence-electron chi connectivity index (χ2n) is 3.93. The first-order valence-corrected chi connectivity index (χ1v) is 5.52. The maximum Gasteiger partial charge on any atom is 0.332 e. The number of carbonyl (C=O) groups excluding carboxylic acids is 1. The Morgan fingerprint density at radius 3 is 2.67 bits per heavy atom. The fraction of sp³-hybridized carbons (Fsp3) is 0.333. The molecular weight excluding hydrogens is 238 g/mol. The third-order valence-corrected chi connectivity index (χ3v) is 2.59. The van der Waals surface area contributed by atoms with Gasteiger partial charge in [0.05, 0.1) is 6.61 Å². The largest absolute Gasteiger partial charge is 0.479 e. The molecule has 2 N–H and O–H groups in total. The standard InChI is InChI=1S/C12H13NO5/c14-11(8-4-2-1-3-5-8)13-18-9-6-10(12(15)16)17-7-9/h1-5,9-10H,6-7H2,(H,13,14)(H,15,16)/t9-,10+/m1/s1. The van der Waals surface area contributed by atoms with Crippen molar-refractivity contribution in [3.05, 3.63) is 35.9 Å². The highest BCUT2D eigenvalue weighted by Gasteiger charge is 2.32. The number of carboxylic acid groups (broad SMARTS) is 1. The van der Waals surface area contributed by atoms with Gasteiger partial charge >= 0.3 is 5.97 Å². The number of nitrogens with one attached hydrogen (secondary N) is 1. The van der Waals surface area contributed by atoms with Crippen LogP contribution in [0.1, 0.15) is 16.8 Å². The van der Waals surface area contributed by atoms with Gasteiger partial charge in [0.15, 0.2) is 6.10 Å². The van der Waals surface area contributed by atoms with Crippen LogP contribution in [0.5, 0.6) is 0 Å². The summed E-state index contributed by atoms with van der Waals surface area (Å²) in [4.78, 5) is 27.4. The van der Waals surface area contributed by atoms with Gasteiger partial charge in [0.25, 0.3) is 5.91 Å². The molecular formula is C12H13NO5. The van der Waals surface area contributed by atoms with Gasteiger partial charge in [-0.2, -0.15) is 0 Å². The number of ether oxygens (including phenoxy) is 1. The average molecular weight is 251 g/mol. The highest BCUT2D eigenvalue weighted by Crippen LogP contribution is 2.15. The number of carbonyl (C=O) groups is 2. The Bertz CT molecular complexity index is 433. The number of hydroxylamine groups is 1. The Morgan fingerprint density at radius 1 is 1.33 bits per heavy atom. The van der Waals surface area contributed by atoms with Crippen LogP contribution >= 0.6 is 0 Å². The van der Waals surface area contributed by atoms with Crippen molar-refractivity contribution in [1.82, 2.24) is 5.48 Å². The molecule has 18 heavy (non-hydrogen) atoms. The van der Waals surface area contributed by atoms with Gasteiger partial charge in [0.2, 0.25) is 0 Å². The zero-order chi connectivity index (χ0) is 13.0. The van der Waals surface area contributed by atoms with Crippen LogP contribution < -0.4 is 5.48 Å². The van der Waals surface area contributed by atoms with Crippen LogP contribution in [-0.2, 0) is 14.4 Å². The van der Waals surface area contributed by atoms with E-state index in [-0.39, 0.29) is 18.9 Å². The van der Waals surface area contributed by atoms with Crippen LogP contribution in [0.4, 0.5) is 0 Å². The van der Waals surface area contributed by atoms with E-state index in [0.29, 0.717) is 5.56 Å². The topological polar surface area (TPSA) is 84.9 Å². The number of benzene rings is 1. The summed E-state index contributed by atoms with van der Waals surface area (Å²) in [5.74, 6) is -1.38. The fourth-order valence-electron chi connectivity index (χ4n) is 1.64. The third-order valence-electron chi connectivity index (χ3n) is 2.59. The number of hydrogen-bond acceptors (Lipinski definition) is 4. The molecule has 1 amide bonds. The van der Waals surface area contributed by atoms with Gasteiger partial charge in [-0.15, -0.1) is 0 Å². The minimum absolute atomic E-state index is 0.159. The molecule has 0 saturated carbocycles. The molecule has 2 rings (SSSR count). The smallest absolute Gasteiger partial charge is 0.332 e. The lowest BCUT2D eigenvalue weighted by Crippen LogP contribution is -2.30. The number of aliphatic carboxylic acids is 1. The van der Waals surface area contributed by atoms with Gasteiger partial charge in [-0.05, 0) is 12.1 Å². The van der Waals surface area contributed by atoms with Gasteiger partial charge in [-0.25, -0.2) is 10.3 Å². The van der Waals surface area contributed by atoms with Gasteiger partial charge in [-0.3, -0.25) is 9.63 Å². The van der Waals surface area contributed by atoms with Crippen LogP contribution in [-0.4, -0.2) is 35.8 Å². The molecule has 96 valence electrons. The van der Waals surface area contributed by atoms with Gasteiger partial charge in [0.1, 0.15) is 6.10 Å². The first-order valence-electron chi connectivity index (χ1n) is 5.52. The SMILES string of the molecule is O=C(NO[C@H]1CO[C@H](C(=O)O)C1)c1ccccc1. The van der Waals surface area contributed by atoms with Crippen molar-refractivity contribution >= 4 is 11.9 Å². The molecule has 1 fully saturated rings. The number of amides is 1. The predicted molar refractivity (Wildman–Crippen MR) is 60.8 cm³/mol. The van der Waals surface area contributed by atoms with E-state index in [1.165, 1.54) is 0 Å². The van der Waals surface area contributed by atoms with Gasteiger partial charge in [-0.1, -0.05) is 18.2 Å². The molecule has 0 bridgehead atoms. The summed E-state index contributed by atoms with van der Waals surface area (Å²) < 4.78 is 4.99. The summed E-state index contributed by atoms with van der Waals surface area (Å²) in [7, 11) is 0. The van der Waals surface area contributed by atoms with E-state index in [2.05, 4.69) is 5.48 Å². The maximum atomic E-state index is 11.6. The molecule has 0 spiro atoms. The summed E-state index contributed by atoms with van der Waals surface area (Å²) in [6.07, 6.45) is -1.06. The Morgan fingerprint density at radius 2 is 2.06 bits per heavy atom. The second-order valence-corrected chi connectivity index (χ2v) is 3.93. The molecule has 0 aromatic heterocycles. The Hall–Kier alpha value is -1.92. The van der Waals surface area contributed by atoms with Crippen LogP contribution in [0.2, 0.25) is 0 Å². The second kappa shape index (κ2) is 5.61. The molecule has 6 heteroatoms. The molecule has 1 heterocycles. The van der Waals surface area contributed by atoms with Crippen molar-refractivity contribution in [3.63, 3.8) is 0 Å². The first kappa shape index (κ1) is 12.5. The van der Waals surface area contributed by atoms with Crippen molar-refractivity contribution in [2.45, 2.75) is 18.6 Å². The predicted octanol–water partition coefficient (Wildman–Crippen LogP) is 0.590. The van der Waals surface area contributed by atoms with Gasteiger partial charge in [0, 0.05) is 12.0 Å². The van der Waals surface area contributed by atoms with E-state index in [1.54, 1.807) is 30.3 Å². The van der Waals surface area contributed by atoms with Crippen LogP contribution in [0, 0.1) is 0 Å².